The predicted octanol–water partition coefficient (Wildman–Crippen LogP) is 1.24. The fourth-order valence-corrected chi connectivity index (χ4v) is 0.0833. The monoisotopic (exact) mass is 207 g/mol. The second kappa shape index (κ2) is 16.3. The number of carboxylic acids is 1. The number of hydrogen-bond donors (Lipinski definition) is 1. The summed E-state index contributed by atoms with van der Waals surface area (Å²) in [5, 5.41) is 7.60. The van der Waals surface area contributed by atoms with E-state index in [4.69, 9.17) is 5.11 Å². The summed E-state index contributed by atoms with van der Waals surface area (Å²) in [6.45, 7) is 6.89. The Morgan fingerprint density at radius 2 is 2.00 bits per heavy atom. The first-order chi connectivity index (χ1) is 4.68. The van der Waals surface area contributed by atoms with Gasteiger partial charge in [-0.2, -0.15) is 0 Å². The van der Waals surface area contributed by atoms with Crippen molar-refractivity contribution in [2.75, 3.05) is 6.61 Å². The molecule has 3 nitrogen and oxygen atoms in total. The molecule has 0 bridgehead atoms. The van der Waals surface area contributed by atoms with Crippen molar-refractivity contribution in [2.45, 2.75) is 0 Å². The van der Waals surface area contributed by atoms with Gasteiger partial charge in [0.2, 0.25) is 0 Å². The second-order valence-electron chi connectivity index (χ2n) is 1.20. The molecule has 0 fully saturated rings. The van der Waals surface area contributed by atoms with Crippen molar-refractivity contribution < 1.29 is 34.1 Å². The van der Waals surface area contributed by atoms with Crippen LogP contribution in [0.4, 0.5) is 0 Å². The molecule has 0 heterocycles. The predicted molar refractivity (Wildman–Crippen MR) is 39.3 cm³/mol. The zero-order chi connectivity index (χ0) is 8.41. The zero-order valence-electron chi connectivity index (χ0n) is 6.45. The first kappa shape index (κ1) is 16.9. The summed E-state index contributed by atoms with van der Waals surface area (Å²) in [7, 11) is 3.10. The Labute approximate surface area is 79.5 Å². The van der Waals surface area contributed by atoms with E-state index in [0.29, 0.717) is 6.61 Å². The first-order valence-corrected chi connectivity index (χ1v) is 2.52. The molecule has 0 aromatic carbocycles. The van der Waals surface area contributed by atoms with E-state index in [1.807, 2.05) is 0 Å². The standard InChI is InChI=1S/C4H7O.C3H4O2.Zn/c1-3-4-5-2;1-2-3(4)5;/h3H,1-2,4H2;2H,1H2,(H,4,5);/q-1;;. The largest absolute Gasteiger partial charge is 0.552 e. The zero-order valence-corrected chi connectivity index (χ0v) is 9.42. The van der Waals surface area contributed by atoms with Crippen LogP contribution in [0.5, 0.6) is 0 Å². The van der Waals surface area contributed by atoms with Gasteiger partial charge >= 0.3 is 5.97 Å². The minimum absolute atomic E-state index is 0. The van der Waals surface area contributed by atoms with Crippen LogP contribution in [0.3, 0.4) is 0 Å². The molecule has 0 radical (unpaired) electrons. The fraction of sp³-hybridized carbons (Fsp3) is 0.143. The second-order valence-corrected chi connectivity index (χ2v) is 1.20. The molecule has 0 unspecified atom stereocenters. The van der Waals surface area contributed by atoms with Crippen molar-refractivity contribution >= 4 is 5.97 Å². The van der Waals surface area contributed by atoms with Crippen LogP contribution in [0.15, 0.2) is 25.3 Å². The number of carbonyl (C=O) groups is 1. The number of aliphatic carboxylic acids is 1. The Morgan fingerprint density at radius 1 is 1.64 bits per heavy atom. The molecule has 11 heavy (non-hydrogen) atoms. The molecule has 0 aliphatic carbocycles. The minimum atomic E-state index is -0.981. The Bertz CT molecular complexity index is 112. The molecule has 0 rings (SSSR count). The molecule has 0 aromatic rings. The van der Waals surface area contributed by atoms with Crippen molar-refractivity contribution in [3.63, 3.8) is 0 Å². The van der Waals surface area contributed by atoms with Gasteiger partial charge in [0, 0.05) is 32.2 Å². The van der Waals surface area contributed by atoms with E-state index in [1.54, 1.807) is 6.08 Å². The quantitative estimate of drug-likeness (QED) is 0.329. The van der Waals surface area contributed by atoms with Gasteiger partial charge in [-0.05, 0) is 0 Å². The summed E-state index contributed by atoms with van der Waals surface area (Å²) < 4.78 is 4.32. The van der Waals surface area contributed by atoms with Crippen LogP contribution in [-0.2, 0) is 29.0 Å². The molecule has 0 aromatic heterocycles. The fourth-order valence-electron chi connectivity index (χ4n) is 0.0833. The van der Waals surface area contributed by atoms with E-state index in [1.165, 1.54) is 0 Å². The van der Waals surface area contributed by atoms with E-state index >= 15 is 0 Å². The van der Waals surface area contributed by atoms with Gasteiger partial charge in [-0.3, -0.25) is 0 Å². The van der Waals surface area contributed by atoms with Crippen LogP contribution in [0, 0.1) is 7.11 Å². The molecule has 0 atom stereocenters. The molecule has 1 N–H and O–H groups in total. The van der Waals surface area contributed by atoms with E-state index in [-0.39, 0.29) is 19.5 Å². The third kappa shape index (κ3) is 43.3. The summed E-state index contributed by atoms with van der Waals surface area (Å²) >= 11 is 0. The van der Waals surface area contributed by atoms with Gasteiger partial charge in [0.05, 0.1) is 0 Å². The molecule has 0 aliphatic rings. The maximum absolute atomic E-state index is 9.25. The van der Waals surface area contributed by atoms with Gasteiger partial charge in [0.25, 0.3) is 0 Å². The van der Waals surface area contributed by atoms with Crippen LogP contribution >= 0.6 is 0 Å². The van der Waals surface area contributed by atoms with E-state index in [9.17, 15) is 4.79 Å². The molecular weight excluding hydrogens is 197 g/mol. The average molecular weight is 209 g/mol. The summed E-state index contributed by atoms with van der Waals surface area (Å²) in [6, 6.07) is 0. The van der Waals surface area contributed by atoms with Gasteiger partial charge in [-0.15, -0.1) is 6.58 Å². The van der Waals surface area contributed by atoms with Gasteiger partial charge < -0.3 is 9.84 Å². The third-order valence-corrected chi connectivity index (χ3v) is 0.410. The number of rotatable bonds is 3. The van der Waals surface area contributed by atoms with E-state index < -0.39 is 5.97 Å². The van der Waals surface area contributed by atoms with E-state index in [2.05, 4.69) is 25.0 Å². The van der Waals surface area contributed by atoms with Crippen molar-refractivity contribution in [2.24, 2.45) is 0 Å². The summed E-state index contributed by atoms with van der Waals surface area (Å²) in [4.78, 5) is 9.25. The van der Waals surface area contributed by atoms with Crippen molar-refractivity contribution in [1.82, 2.24) is 0 Å². The van der Waals surface area contributed by atoms with Gasteiger partial charge in [-0.1, -0.05) is 12.7 Å². The topological polar surface area (TPSA) is 46.5 Å². The van der Waals surface area contributed by atoms with Crippen LogP contribution in [0.25, 0.3) is 0 Å². The molecule has 4 heteroatoms. The maximum Gasteiger partial charge on any atom is 0.327 e. The Morgan fingerprint density at radius 3 is 2.00 bits per heavy atom. The first-order valence-electron chi connectivity index (χ1n) is 2.52. The molecule has 60 valence electrons. The Balaban J connectivity index is -0.000000107. The molecule has 0 aliphatic heterocycles. The van der Waals surface area contributed by atoms with E-state index in [0.717, 1.165) is 6.08 Å². The average Bonchev–Trinajstić information content (AvgIpc) is 1.91. The third-order valence-electron chi connectivity index (χ3n) is 0.410. The summed E-state index contributed by atoms with van der Waals surface area (Å²) in [5.74, 6) is -0.981. The smallest absolute Gasteiger partial charge is 0.327 e. The summed E-state index contributed by atoms with van der Waals surface area (Å²) in [5.41, 5.74) is 0. The molecule has 0 saturated carbocycles. The van der Waals surface area contributed by atoms with Gasteiger partial charge in [0.1, 0.15) is 0 Å². The number of ether oxygens (including phenoxy) is 1. The van der Waals surface area contributed by atoms with Crippen molar-refractivity contribution in [3.05, 3.63) is 32.4 Å². The minimum Gasteiger partial charge on any atom is -0.552 e. The maximum atomic E-state index is 9.25. The van der Waals surface area contributed by atoms with Crippen LogP contribution < -0.4 is 0 Å². The Kier molecular flexibility index (Phi) is 24.9. The molecule has 0 amide bonds. The van der Waals surface area contributed by atoms with Gasteiger partial charge in [-0.25, -0.2) is 11.9 Å². The Hall–Kier alpha value is -0.467. The molecular formula is C7H11O3Zn-. The summed E-state index contributed by atoms with van der Waals surface area (Å²) in [6.07, 6.45) is 2.48. The van der Waals surface area contributed by atoms with Crippen LogP contribution in [0.1, 0.15) is 0 Å². The SMILES string of the molecule is C=CC(=O)O.C=CCO[CH2-].[Zn]. The normalized spacial score (nSPS) is 6.27. The van der Waals surface area contributed by atoms with Crippen molar-refractivity contribution in [3.8, 4) is 0 Å². The number of hydrogen-bond acceptors (Lipinski definition) is 2. The van der Waals surface area contributed by atoms with Crippen molar-refractivity contribution in [1.29, 1.82) is 0 Å². The van der Waals surface area contributed by atoms with Crippen LogP contribution in [-0.4, -0.2) is 17.7 Å². The number of carboxylic acid groups (broad SMARTS) is 1. The van der Waals surface area contributed by atoms with Crippen LogP contribution in [0.2, 0.25) is 0 Å². The van der Waals surface area contributed by atoms with Gasteiger partial charge in [0.15, 0.2) is 0 Å². The molecule has 0 saturated heterocycles. The molecule has 0 spiro atoms.